The quantitative estimate of drug-likeness (QED) is 0.556. The van der Waals surface area contributed by atoms with Gasteiger partial charge in [-0.15, -0.1) is 0 Å². The number of primary amides is 4. The average Bonchev–Trinajstić information content (AvgIpc) is 2.42. The fourth-order valence-electron chi connectivity index (χ4n) is 0.625. The van der Waals surface area contributed by atoms with Crippen LogP contribution in [-0.4, -0.2) is 22.0 Å². The fourth-order valence-corrected chi connectivity index (χ4v) is 0.625. The lowest BCUT2D eigenvalue weighted by molar-refractivity contribution is 0.255. The molecule has 8 nitrogen and oxygen atoms in total. The highest BCUT2D eigenvalue weighted by Crippen LogP contribution is 1.74. The molecule has 0 aliphatic rings. The van der Waals surface area contributed by atoms with Gasteiger partial charge in [0.1, 0.15) is 0 Å². The first-order valence-corrected chi connectivity index (χ1v) is 5.26. The lowest BCUT2D eigenvalue weighted by Gasteiger charge is -1.70. The third kappa shape index (κ3) is 54.4. The lowest BCUT2D eigenvalue weighted by Crippen LogP contribution is -2.18. The molecular formula is C12H20F2N6O2. The van der Waals surface area contributed by atoms with Crippen LogP contribution in [0.4, 0.5) is 19.0 Å². The van der Waals surface area contributed by atoms with Crippen LogP contribution in [0.1, 0.15) is 0 Å². The number of urea groups is 2. The number of halogens is 2. The van der Waals surface area contributed by atoms with Crippen LogP contribution in [0.3, 0.4) is 0 Å². The first kappa shape index (κ1) is 27.1. The van der Waals surface area contributed by atoms with Crippen molar-refractivity contribution >= 4 is 12.1 Å². The van der Waals surface area contributed by atoms with Crippen molar-refractivity contribution in [2.75, 3.05) is 0 Å². The van der Waals surface area contributed by atoms with Gasteiger partial charge >= 0.3 is 12.1 Å². The fraction of sp³-hybridized carbons (Fsp3) is 0. The van der Waals surface area contributed by atoms with Crippen LogP contribution in [0.25, 0.3) is 0 Å². The van der Waals surface area contributed by atoms with E-state index in [1.165, 1.54) is 0 Å². The van der Waals surface area contributed by atoms with E-state index in [2.05, 4.69) is 32.9 Å². The van der Waals surface area contributed by atoms with Crippen molar-refractivity contribution in [1.82, 2.24) is 9.97 Å². The summed E-state index contributed by atoms with van der Waals surface area (Å²) in [6.45, 7) is 0. The SMILES string of the molecule is F.F.NC(N)=O.NC(N)=O.c1ccncc1.c1ccncc1. The maximum absolute atomic E-state index is 9.00. The molecule has 0 aliphatic heterocycles. The normalized spacial score (nSPS) is 6.55. The summed E-state index contributed by atoms with van der Waals surface area (Å²) in [7, 11) is 0. The standard InChI is InChI=1S/2C5H5N.2CH4N2O.2FH/c2*1-2-4-6-5-3-1;2*2-1(3)4;;/h2*1-5H;2*(H4,2,3,4);2*1H. The highest BCUT2D eigenvalue weighted by molar-refractivity contribution is 5.69. The minimum Gasteiger partial charge on any atom is -0.352 e. The Morgan fingerprint density at radius 3 is 0.773 bits per heavy atom. The summed E-state index contributed by atoms with van der Waals surface area (Å²) < 4.78 is 0. The second-order valence-electron chi connectivity index (χ2n) is 2.85. The van der Waals surface area contributed by atoms with Gasteiger partial charge in [0.25, 0.3) is 0 Å². The Labute approximate surface area is 126 Å². The zero-order chi connectivity index (χ0) is 15.6. The first-order chi connectivity index (χ1) is 9.46. The Morgan fingerprint density at radius 1 is 0.545 bits per heavy atom. The van der Waals surface area contributed by atoms with E-state index in [1.54, 1.807) is 24.8 Å². The largest absolute Gasteiger partial charge is 0.352 e. The number of carbonyl (C=O) groups excluding carboxylic acids is 2. The predicted octanol–water partition coefficient (Wildman–Crippen LogP) is 0.516. The van der Waals surface area contributed by atoms with Crippen molar-refractivity contribution in [3.05, 3.63) is 61.2 Å². The van der Waals surface area contributed by atoms with E-state index in [4.69, 9.17) is 9.59 Å². The maximum Gasteiger partial charge on any atom is 0.309 e. The van der Waals surface area contributed by atoms with Crippen molar-refractivity contribution < 1.29 is 19.0 Å². The van der Waals surface area contributed by atoms with Crippen LogP contribution < -0.4 is 22.9 Å². The van der Waals surface area contributed by atoms with Crippen LogP contribution in [0.15, 0.2) is 61.2 Å². The Morgan fingerprint density at radius 2 is 0.727 bits per heavy atom. The van der Waals surface area contributed by atoms with Gasteiger partial charge < -0.3 is 22.9 Å². The van der Waals surface area contributed by atoms with E-state index < -0.39 is 12.1 Å². The zero-order valence-electron chi connectivity index (χ0n) is 11.6. The summed E-state index contributed by atoms with van der Waals surface area (Å²) in [4.78, 5) is 25.6. The van der Waals surface area contributed by atoms with Crippen molar-refractivity contribution in [3.63, 3.8) is 0 Å². The zero-order valence-corrected chi connectivity index (χ0v) is 11.6. The second-order valence-corrected chi connectivity index (χ2v) is 2.85. The molecule has 10 heteroatoms. The molecular weight excluding hydrogens is 298 g/mol. The molecule has 0 unspecified atom stereocenters. The maximum atomic E-state index is 9.00. The predicted molar refractivity (Wildman–Crippen MR) is 81.0 cm³/mol. The molecule has 0 saturated heterocycles. The summed E-state index contributed by atoms with van der Waals surface area (Å²) in [6, 6.07) is 9.76. The minimum absolute atomic E-state index is 0. The molecule has 0 radical (unpaired) electrons. The van der Waals surface area contributed by atoms with Crippen LogP contribution in [0.5, 0.6) is 0 Å². The van der Waals surface area contributed by atoms with Crippen molar-refractivity contribution in [1.29, 1.82) is 0 Å². The van der Waals surface area contributed by atoms with E-state index in [9.17, 15) is 0 Å². The van der Waals surface area contributed by atoms with Gasteiger partial charge in [-0.05, 0) is 24.3 Å². The molecule has 2 rings (SSSR count). The van der Waals surface area contributed by atoms with E-state index in [0.717, 1.165) is 0 Å². The number of rotatable bonds is 0. The summed E-state index contributed by atoms with van der Waals surface area (Å²) in [6.07, 6.45) is 7.00. The van der Waals surface area contributed by atoms with Crippen LogP contribution in [0, 0.1) is 0 Å². The molecule has 0 aromatic carbocycles. The Kier molecular flexibility index (Phi) is 28.2. The minimum atomic E-state index is -0.833. The monoisotopic (exact) mass is 318 g/mol. The molecule has 0 bridgehead atoms. The van der Waals surface area contributed by atoms with Gasteiger partial charge in [-0.25, -0.2) is 9.59 Å². The highest BCUT2D eigenvalue weighted by atomic mass is 19.0. The van der Waals surface area contributed by atoms with Crippen LogP contribution in [0.2, 0.25) is 0 Å². The van der Waals surface area contributed by atoms with E-state index >= 15 is 0 Å². The van der Waals surface area contributed by atoms with Crippen molar-refractivity contribution in [2.24, 2.45) is 22.9 Å². The number of carbonyl (C=O) groups is 2. The van der Waals surface area contributed by atoms with Crippen LogP contribution >= 0.6 is 0 Å². The van der Waals surface area contributed by atoms with Gasteiger partial charge in [0, 0.05) is 24.8 Å². The summed E-state index contributed by atoms with van der Waals surface area (Å²) in [5.41, 5.74) is 17.0. The third-order valence-electron chi connectivity index (χ3n) is 1.13. The van der Waals surface area contributed by atoms with Gasteiger partial charge in [0.2, 0.25) is 0 Å². The Bertz CT molecular complexity index is 343. The molecule has 22 heavy (non-hydrogen) atoms. The summed E-state index contributed by atoms with van der Waals surface area (Å²) in [5.74, 6) is 0. The van der Waals surface area contributed by atoms with E-state index in [-0.39, 0.29) is 9.41 Å². The van der Waals surface area contributed by atoms with Crippen molar-refractivity contribution in [2.45, 2.75) is 0 Å². The van der Waals surface area contributed by atoms with Gasteiger partial charge in [-0.3, -0.25) is 19.4 Å². The Balaban J connectivity index is -0.0000000975. The molecule has 124 valence electrons. The second kappa shape index (κ2) is 22.8. The first-order valence-electron chi connectivity index (χ1n) is 5.26. The molecule has 0 fully saturated rings. The van der Waals surface area contributed by atoms with Crippen molar-refractivity contribution in [3.8, 4) is 0 Å². The van der Waals surface area contributed by atoms with Gasteiger partial charge in [-0.2, -0.15) is 0 Å². The summed E-state index contributed by atoms with van der Waals surface area (Å²) >= 11 is 0. The summed E-state index contributed by atoms with van der Waals surface area (Å²) in [5, 5.41) is 0. The lowest BCUT2D eigenvalue weighted by atomic mass is 10.5. The molecule has 0 aliphatic carbocycles. The van der Waals surface area contributed by atoms with E-state index in [1.807, 2.05) is 36.4 Å². The average molecular weight is 318 g/mol. The number of nitrogens with zero attached hydrogens (tertiary/aromatic N) is 2. The third-order valence-corrected chi connectivity index (χ3v) is 1.13. The number of pyridine rings is 2. The molecule has 0 saturated carbocycles. The molecule has 0 spiro atoms. The topological polar surface area (TPSA) is 164 Å². The smallest absolute Gasteiger partial charge is 0.309 e. The van der Waals surface area contributed by atoms with E-state index in [0.29, 0.717) is 0 Å². The number of amides is 4. The molecule has 8 N–H and O–H groups in total. The molecule has 2 heterocycles. The molecule has 2 aromatic heterocycles. The van der Waals surface area contributed by atoms with Crippen LogP contribution in [-0.2, 0) is 0 Å². The number of nitrogens with two attached hydrogens (primary N) is 4. The van der Waals surface area contributed by atoms with Gasteiger partial charge in [0.05, 0.1) is 0 Å². The number of hydrogen-bond donors (Lipinski definition) is 4. The van der Waals surface area contributed by atoms with Gasteiger partial charge in [-0.1, -0.05) is 12.1 Å². The Hall–Kier alpha value is -3.30. The van der Waals surface area contributed by atoms with Gasteiger partial charge in [0.15, 0.2) is 0 Å². The number of hydrogen-bond acceptors (Lipinski definition) is 4. The molecule has 0 atom stereocenters. The highest BCUT2D eigenvalue weighted by Gasteiger charge is 1.61. The molecule has 4 amide bonds. The molecule has 2 aromatic rings. The number of aromatic nitrogens is 2.